The minimum absolute atomic E-state index is 0.0248. The van der Waals surface area contributed by atoms with Crippen molar-refractivity contribution in [3.8, 4) is 16.8 Å². The average Bonchev–Trinajstić information content (AvgIpc) is 3.05. The molecule has 3 aromatic rings. The van der Waals surface area contributed by atoms with Crippen molar-refractivity contribution in [2.45, 2.75) is 6.18 Å². The predicted molar refractivity (Wildman–Crippen MR) is 115 cm³/mol. The van der Waals surface area contributed by atoms with Gasteiger partial charge in [-0.05, 0) is 36.9 Å². The molecule has 11 heteroatoms. The lowest BCUT2D eigenvalue weighted by atomic mass is 9.98. The number of aromatic nitrogens is 3. The number of piperazine rings is 1. The van der Waals surface area contributed by atoms with Gasteiger partial charge in [-0.15, -0.1) is 5.10 Å². The highest BCUT2D eigenvalue weighted by molar-refractivity contribution is 6.33. The lowest BCUT2D eigenvalue weighted by molar-refractivity contribution is -0.137. The maximum atomic E-state index is 13.9. The van der Waals surface area contributed by atoms with E-state index >= 15 is 0 Å². The van der Waals surface area contributed by atoms with E-state index in [9.17, 15) is 13.2 Å². The fourth-order valence-electron chi connectivity index (χ4n) is 3.67. The number of hydrogen-bond acceptors (Lipinski definition) is 6. The zero-order valence-electron chi connectivity index (χ0n) is 16.7. The number of halogens is 4. The Bertz CT molecular complexity index is 1090. The number of nitrogens with zero attached hydrogens (tertiary/aromatic N) is 5. The summed E-state index contributed by atoms with van der Waals surface area (Å²) in [6, 6.07) is 9.27. The molecular weight excluding hydrogens is 431 g/mol. The number of rotatable bonds is 3. The van der Waals surface area contributed by atoms with Crippen LogP contribution in [0.2, 0.25) is 5.02 Å². The molecule has 4 N–H and O–H groups in total. The van der Waals surface area contributed by atoms with Crippen LogP contribution in [0.25, 0.3) is 16.8 Å². The second-order valence-corrected chi connectivity index (χ2v) is 7.83. The monoisotopic (exact) mass is 451 g/mol. The molecule has 0 bridgehead atoms. The van der Waals surface area contributed by atoms with E-state index in [1.54, 1.807) is 12.1 Å². The molecule has 0 spiro atoms. The van der Waals surface area contributed by atoms with Crippen LogP contribution in [0, 0.1) is 0 Å². The van der Waals surface area contributed by atoms with Gasteiger partial charge in [-0.3, -0.25) is 0 Å². The zero-order valence-corrected chi connectivity index (χ0v) is 17.5. The van der Waals surface area contributed by atoms with Crippen molar-refractivity contribution in [3.63, 3.8) is 0 Å². The lowest BCUT2D eigenvalue weighted by Crippen LogP contribution is -2.44. The normalized spacial score (nSPS) is 15.5. The van der Waals surface area contributed by atoms with Gasteiger partial charge < -0.3 is 21.3 Å². The highest BCUT2D eigenvalue weighted by atomic mass is 35.5. The molecule has 1 saturated heterocycles. The van der Waals surface area contributed by atoms with Gasteiger partial charge in [0.05, 0.1) is 16.3 Å². The van der Waals surface area contributed by atoms with E-state index in [0.717, 1.165) is 42.6 Å². The van der Waals surface area contributed by atoms with Crippen LogP contribution < -0.4 is 16.4 Å². The largest absolute Gasteiger partial charge is 0.417 e. The molecule has 0 atom stereocenters. The third-order valence-corrected chi connectivity index (χ3v) is 5.60. The van der Waals surface area contributed by atoms with Gasteiger partial charge in [0.1, 0.15) is 0 Å². The van der Waals surface area contributed by atoms with E-state index in [4.69, 9.17) is 23.1 Å². The highest BCUT2D eigenvalue weighted by Gasteiger charge is 2.36. The number of hydrogen-bond donors (Lipinski definition) is 2. The van der Waals surface area contributed by atoms with Crippen LogP contribution in [0.5, 0.6) is 0 Å². The molecule has 2 heterocycles. The topological polar surface area (TPSA) is 89.2 Å². The van der Waals surface area contributed by atoms with Crippen molar-refractivity contribution in [1.82, 2.24) is 19.7 Å². The van der Waals surface area contributed by atoms with Crippen LogP contribution in [0.3, 0.4) is 0 Å². The van der Waals surface area contributed by atoms with Crippen LogP contribution in [0.1, 0.15) is 5.56 Å². The lowest BCUT2D eigenvalue weighted by Gasteiger charge is -2.34. The molecule has 0 amide bonds. The molecule has 31 heavy (non-hydrogen) atoms. The van der Waals surface area contributed by atoms with Gasteiger partial charge >= 0.3 is 6.18 Å². The molecule has 0 aliphatic carbocycles. The SMILES string of the molecule is CN1CCN(c2ccc(-c3c(Cl)cc(-n4nc(N)nc4N)cc3C(F)(F)F)cc2)CC1. The van der Waals surface area contributed by atoms with Gasteiger partial charge in [0.25, 0.3) is 0 Å². The molecule has 0 radical (unpaired) electrons. The van der Waals surface area contributed by atoms with Crippen LogP contribution in [-0.2, 0) is 6.18 Å². The summed E-state index contributed by atoms with van der Waals surface area (Å²) < 4.78 is 42.9. The van der Waals surface area contributed by atoms with Crippen LogP contribution in [-0.4, -0.2) is 52.9 Å². The summed E-state index contributed by atoms with van der Waals surface area (Å²) in [5.74, 6) is -0.281. The van der Waals surface area contributed by atoms with Gasteiger partial charge in [-0.2, -0.15) is 22.8 Å². The summed E-state index contributed by atoms with van der Waals surface area (Å²) in [7, 11) is 2.06. The summed E-state index contributed by atoms with van der Waals surface area (Å²) in [5, 5.41) is 3.76. The second-order valence-electron chi connectivity index (χ2n) is 7.43. The summed E-state index contributed by atoms with van der Waals surface area (Å²) >= 11 is 6.34. The Morgan fingerprint density at radius 1 is 0.968 bits per heavy atom. The number of nitrogen functional groups attached to an aromatic ring is 2. The first-order chi connectivity index (χ1) is 14.6. The van der Waals surface area contributed by atoms with Crippen LogP contribution in [0.15, 0.2) is 36.4 Å². The summed E-state index contributed by atoms with van der Waals surface area (Å²) in [6.07, 6.45) is -4.65. The number of nitrogens with two attached hydrogens (primary N) is 2. The van der Waals surface area contributed by atoms with Crippen molar-refractivity contribution in [1.29, 1.82) is 0 Å². The van der Waals surface area contributed by atoms with E-state index in [2.05, 4.69) is 26.9 Å². The highest BCUT2D eigenvalue weighted by Crippen LogP contribution is 2.43. The summed E-state index contributed by atoms with van der Waals surface area (Å²) in [6.45, 7) is 3.59. The molecule has 1 aromatic heterocycles. The molecule has 1 aliphatic heterocycles. The first kappa shape index (κ1) is 21.3. The van der Waals surface area contributed by atoms with E-state index in [0.29, 0.717) is 5.56 Å². The van der Waals surface area contributed by atoms with Crippen LogP contribution >= 0.6 is 11.6 Å². The number of anilines is 3. The quantitative estimate of drug-likeness (QED) is 0.633. The van der Waals surface area contributed by atoms with E-state index in [1.165, 1.54) is 6.07 Å². The minimum atomic E-state index is -4.65. The Balaban J connectivity index is 1.75. The smallest absolute Gasteiger partial charge is 0.369 e. The standard InChI is InChI=1S/C20H21ClF3N7/c1-29-6-8-30(9-7-29)13-4-2-12(3-5-13)17-15(20(22,23)24)10-14(11-16(17)21)31-19(26)27-18(25)28-31/h2-5,10-11H,6-9H2,1H3,(H4,25,26,27,28). The summed E-state index contributed by atoms with van der Waals surface area (Å²) in [4.78, 5) is 8.16. The maximum Gasteiger partial charge on any atom is 0.417 e. The molecule has 1 fully saturated rings. The Morgan fingerprint density at radius 2 is 1.61 bits per heavy atom. The fourth-order valence-corrected chi connectivity index (χ4v) is 3.99. The first-order valence-corrected chi connectivity index (χ1v) is 9.94. The van der Waals surface area contributed by atoms with Crippen LogP contribution in [0.4, 0.5) is 30.8 Å². The maximum absolute atomic E-state index is 13.9. The third kappa shape index (κ3) is 4.26. The number of benzene rings is 2. The third-order valence-electron chi connectivity index (χ3n) is 5.30. The van der Waals surface area contributed by atoms with E-state index in [-0.39, 0.29) is 28.2 Å². The Kier molecular flexibility index (Phi) is 5.44. The van der Waals surface area contributed by atoms with Crippen molar-refractivity contribution < 1.29 is 13.2 Å². The molecule has 7 nitrogen and oxygen atoms in total. The predicted octanol–water partition coefficient (Wildman–Crippen LogP) is 3.52. The number of likely N-dealkylation sites (N-methyl/N-ethyl adjacent to an activating group) is 1. The summed E-state index contributed by atoms with van der Waals surface area (Å²) in [5.41, 5.74) is 11.6. The molecular formula is C20H21ClF3N7. The molecule has 1 aliphatic rings. The van der Waals surface area contributed by atoms with E-state index < -0.39 is 11.7 Å². The van der Waals surface area contributed by atoms with Gasteiger partial charge in [0.2, 0.25) is 11.9 Å². The number of alkyl halides is 3. The Hall–Kier alpha value is -2.98. The van der Waals surface area contributed by atoms with Gasteiger partial charge in [-0.25, -0.2) is 0 Å². The fraction of sp³-hybridized carbons (Fsp3) is 0.300. The van der Waals surface area contributed by atoms with Crippen molar-refractivity contribution >= 4 is 29.2 Å². The Labute approximate surface area is 182 Å². The first-order valence-electron chi connectivity index (χ1n) is 9.56. The van der Waals surface area contributed by atoms with E-state index in [1.807, 2.05) is 12.1 Å². The molecule has 4 rings (SSSR count). The van der Waals surface area contributed by atoms with Gasteiger partial charge in [0.15, 0.2) is 0 Å². The van der Waals surface area contributed by atoms with Crippen molar-refractivity contribution in [2.24, 2.45) is 0 Å². The molecule has 164 valence electrons. The minimum Gasteiger partial charge on any atom is -0.369 e. The molecule has 2 aromatic carbocycles. The molecule has 0 unspecified atom stereocenters. The van der Waals surface area contributed by atoms with Crippen molar-refractivity contribution in [3.05, 3.63) is 47.0 Å². The van der Waals surface area contributed by atoms with Gasteiger partial charge in [0, 0.05) is 37.4 Å². The van der Waals surface area contributed by atoms with Gasteiger partial charge in [-0.1, -0.05) is 23.7 Å². The average molecular weight is 452 g/mol. The second kappa shape index (κ2) is 7.93. The Morgan fingerprint density at radius 3 is 2.16 bits per heavy atom. The molecule has 0 saturated carbocycles. The van der Waals surface area contributed by atoms with Crippen molar-refractivity contribution in [2.75, 3.05) is 49.6 Å². The zero-order chi connectivity index (χ0) is 22.3.